The van der Waals surface area contributed by atoms with E-state index in [1.165, 1.54) is 43.0 Å². The zero-order valence-electron chi connectivity index (χ0n) is 16.4. The number of piperidine rings is 1. The molecule has 0 bridgehead atoms. The first-order valence-corrected chi connectivity index (χ1v) is 10.2. The van der Waals surface area contributed by atoms with Gasteiger partial charge in [-0.15, -0.1) is 0 Å². The minimum Gasteiger partial charge on any atom is -0.496 e. The number of methoxy groups -OCH3 is 1. The molecule has 3 aliphatic heterocycles. The third kappa shape index (κ3) is 2.78. The van der Waals surface area contributed by atoms with Crippen molar-refractivity contribution in [2.24, 2.45) is 0 Å². The first kappa shape index (κ1) is 16.9. The molecule has 0 saturated carbocycles. The molecule has 3 aliphatic rings. The highest BCUT2D eigenvalue weighted by atomic mass is 16.5. The van der Waals surface area contributed by atoms with Gasteiger partial charge in [0.2, 0.25) is 0 Å². The molecule has 0 aromatic heterocycles. The maximum atomic E-state index is 5.53. The lowest BCUT2D eigenvalue weighted by Crippen LogP contribution is -2.49. The lowest BCUT2D eigenvalue weighted by molar-refractivity contribution is 0.195. The molecule has 2 aromatic carbocycles. The first-order valence-electron chi connectivity index (χ1n) is 10.2. The Bertz CT molecular complexity index is 836. The quantitative estimate of drug-likeness (QED) is 0.829. The summed E-state index contributed by atoms with van der Waals surface area (Å²) in [7, 11) is 4.00. The van der Waals surface area contributed by atoms with E-state index in [2.05, 4.69) is 58.1 Å². The maximum absolute atomic E-state index is 5.53. The Hall–Kier alpha value is -2.20. The van der Waals surface area contributed by atoms with E-state index in [9.17, 15) is 0 Å². The van der Waals surface area contributed by atoms with Crippen molar-refractivity contribution in [1.82, 2.24) is 4.90 Å². The summed E-state index contributed by atoms with van der Waals surface area (Å²) in [5, 5.41) is 0. The van der Waals surface area contributed by atoms with Crippen molar-refractivity contribution in [3.8, 4) is 5.75 Å². The lowest BCUT2D eigenvalue weighted by atomic mass is 9.89. The van der Waals surface area contributed by atoms with Crippen LogP contribution in [0.4, 0.5) is 11.4 Å². The number of likely N-dealkylation sites (N-methyl/N-ethyl adjacent to an activating group) is 1. The van der Waals surface area contributed by atoms with Gasteiger partial charge in [0, 0.05) is 51.7 Å². The smallest absolute Gasteiger partial charge is 0.122 e. The third-order valence-corrected chi connectivity index (χ3v) is 6.77. The van der Waals surface area contributed by atoms with Crippen LogP contribution in [0, 0.1) is 0 Å². The minimum atomic E-state index is 0.651. The SMILES string of the molecule is COc1ccccc1CCN1CC[C@@H]2[C@H](C1)c1cccc3c1N2CCN3C. The molecule has 27 heavy (non-hydrogen) atoms. The van der Waals surface area contributed by atoms with Gasteiger partial charge < -0.3 is 19.4 Å². The van der Waals surface area contributed by atoms with Crippen LogP contribution in [0.2, 0.25) is 0 Å². The van der Waals surface area contributed by atoms with Crippen LogP contribution < -0.4 is 14.5 Å². The van der Waals surface area contributed by atoms with Gasteiger partial charge in [-0.05, 0) is 36.1 Å². The fourth-order valence-electron chi connectivity index (χ4n) is 5.37. The number of fused-ring (bicyclic) bond motifs is 3. The predicted octanol–water partition coefficient (Wildman–Crippen LogP) is 3.37. The summed E-state index contributed by atoms with van der Waals surface area (Å²) in [5.74, 6) is 1.67. The summed E-state index contributed by atoms with van der Waals surface area (Å²) in [6, 6.07) is 16.0. The number of hydrogen-bond donors (Lipinski definition) is 0. The summed E-state index contributed by atoms with van der Waals surface area (Å²) in [4.78, 5) is 7.80. The molecule has 0 unspecified atom stereocenters. The van der Waals surface area contributed by atoms with Crippen LogP contribution in [0.5, 0.6) is 5.75 Å². The van der Waals surface area contributed by atoms with Crippen molar-refractivity contribution in [2.45, 2.75) is 24.8 Å². The molecular formula is C23H29N3O. The van der Waals surface area contributed by atoms with Crippen molar-refractivity contribution < 1.29 is 4.74 Å². The Labute approximate surface area is 162 Å². The number of anilines is 2. The summed E-state index contributed by atoms with van der Waals surface area (Å²) < 4.78 is 5.53. The van der Waals surface area contributed by atoms with E-state index in [-0.39, 0.29) is 0 Å². The molecular weight excluding hydrogens is 334 g/mol. The monoisotopic (exact) mass is 363 g/mol. The van der Waals surface area contributed by atoms with Crippen LogP contribution in [-0.2, 0) is 6.42 Å². The van der Waals surface area contributed by atoms with Crippen LogP contribution >= 0.6 is 0 Å². The number of benzene rings is 2. The molecule has 3 heterocycles. The van der Waals surface area contributed by atoms with Crippen molar-refractivity contribution in [1.29, 1.82) is 0 Å². The molecule has 1 fully saturated rings. The van der Waals surface area contributed by atoms with Gasteiger partial charge in [-0.2, -0.15) is 0 Å². The molecule has 2 aromatic rings. The van der Waals surface area contributed by atoms with Crippen LogP contribution in [0.3, 0.4) is 0 Å². The standard InChI is InChI=1S/C23H29N3O/c1-24-14-15-26-20-11-13-25(12-10-17-6-3-4-9-22(17)27-2)16-19(20)18-7-5-8-21(24)23(18)26/h3-9,19-20H,10-16H2,1-2H3/t19-,20-/m1/s1. The zero-order chi connectivity index (χ0) is 18.4. The molecule has 1 saturated heterocycles. The van der Waals surface area contributed by atoms with E-state index in [1.54, 1.807) is 12.7 Å². The highest BCUT2D eigenvalue weighted by Gasteiger charge is 2.44. The van der Waals surface area contributed by atoms with E-state index in [1.807, 2.05) is 6.07 Å². The van der Waals surface area contributed by atoms with Gasteiger partial charge in [-0.25, -0.2) is 0 Å². The number of para-hydroxylation sites is 2. The summed E-state index contributed by atoms with van der Waals surface area (Å²) in [6.45, 7) is 5.79. The maximum Gasteiger partial charge on any atom is 0.122 e. The Morgan fingerprint density at radius 3 is 2.81 bits per heavy atom. The van der Waals surface area contributed by atoms with E-state index in [0.29, 0.717) is 12.0 Å². The Morgan fingerprint density at radius 1 is 1.04 bits per heavy atom. The number of ether oxygens (including phenoxy) is 1. The van der Waals surface area contributed by atoms with Crippen molar-refractivity contribution >= 4 is 11.4 Å². The highest BCUT2D eigenvalue weighted by molar-refractivity contribution is 5.80. The van der Waals surface area contributed by atoms with Gasteiger partial charge in [0.1, 0.15) is 5.75 Å². The van der Waals surface area contributed by atoms with Gasteiger partial charge in [0.05, 0.1) is 18.5 Å². The van der Waals surface area contributed by atoms with Crippen LogP contribution in [-0.4, -0.2) is 57.8 Å². The molecule has 0 N–H and O–H groups in total. The summed E-state index contributed by atoms with van der Waals surface area (Å²) in [6.07, 6.45) is 2.33. The minimum absolute atomic E-state index is 0.651. The molecule has 4 heteroatoms. The molecule has 0 radical (unpaired) electrons. The van der Waals surface area contributed by atoms with E-state index >= 15 is 0 Å². The second kappa shape index (κ2) is 6.75. The number of rotatable bonds is 4. The predicted molar refractivity (Wildman–Crippen MR) is 111 cm³/mol. The molecule has 0 spiro atoms. The highest BCUT2D eigenvalue weighted by Crippen LogP contribution is 2.50. The van der Waals surface area contributed by atoms with Gasteiger partial charge in [-0.1, -0.05) is 30.3 Å². The zero-order valence-corrected chi connectivity index (χ0v) is 16.4. The average molecular weight is 364 g/mol. The molecule has 0 amide bonds. The van der Waals surface area contributed by atoms with Crippen LogP contribution in [0.15, 0.2) is 42.5 Å². The van der Waals surface area contributed by atoms with Gasteiger partial charge in [-0.3, -0.25) is 0 Å². The van der Waals surface area contributed by atoms with Gasteiger partial charge in [0.25, 0.3) is 0 Å². The topological polar surface area (TPSA) is 19.0 Å². The molecule has 142 valence electrons. The lowest BCUT2D eigenvalue weighted by Gasteiger charge is -2.41. The summed E-state index contributed by atoms with van der Waals surface area (Å²) in [5.41, 5.74) is 5.84. The van der Waals surface area contributed by atoms with E-state index in [4.69, 9.17) is 4.74 Å². The van der Waals surface area contributed by atoms with Gasteiger partial charge >= 0.3 is 0 Å². The normalized spacial score (nSPS) is 23.9. The second-order valence-corrected chi connectivity index (χ2v) is 8.15. The Balaban J connectivity index is 1.34. The Morgan fingerprint density at radius 2 is 1.93 bits per heavy atom. The molecule has 5 rings (SSSR count). The average Bonchev–Trinajstić information content (AvgIpc) is 3.04. The van der Waals surface area contributed by atoms with Crippen molar-refractivity contribution in [3.05, 3.63) is 53.6 Å². The number of hydrogen-bond acceptors (Lipinski definition) is 4. The number of nitrogens with zero attached hydrogens (tertiary/aromatic N) is 3. The van der Waals surface area contributed by atoms with Crippen molar-refractivity contribution in [3.63, 3.8) is 0 Å². The van der Waals surface area contributed by atoms with Crippen molar-refractivity contribution in [2.75, 3.05) is 56.7 Å². The summed E-state index contributed by atoms with van der Waals surface area (Å²) >= 11 is 0. The fraction of sp³-hybridized carbons (Fsp3) is 0.478. The van der Waals surface area contributed by atoms with Gasteiger partial charge in [0.15, 0.2) is 0 Å². The van der Waals surface area contributed by atoms with Crippen LogP contribution in [0.1, 0.15) is 23.5 Å². The van der Waals surface area contributed by atoms with E-state index < -0.39 is 0 Å². The number of likely N-dealkylation sites (tertiary alicyclic amines) is 1. The largest absolute Gasteiger partial charge is 0.496 e. The molecule has 2 atom stereocenters. The Kier molecular flexibility index (Phi) is 4.24. The third-order valence-electron chi connectivity index (χ3n) is 6.77. The molecule has 4 nitrogen and oxygen atoms in total. The van der Waals surface area contributed by atoms with Crippen LogP contribution in [0.25, 0.3) is 0 Å². The first-order chi connectivity index (χ1) is 13.3. The molecule has 0 aliphatic carbocycles. The fourth-order valence-corrected chi connectivity index (χ4v) is 5.37. The van der Waals surface area contributed by atoms with E-state index in [0.717, 1.165) is 25.3 Å². The second-order valence-electron chi connectivity index (χ2n) is 8.15.